The number of nitriles is 1. The SMILES string of the molecule is N#Cc1ccc(C[n+]2ccc(CN3CC/C(=C\C4=C(C(=O)[O-])N5C(=O)[C@@H](NC(=O)/C(=N\OC6CCCC6)c6csc(N)n6)[C@H]5SC4)C3=O)cc2)cc1. The summed E-state index contributed by atoms with van der Waals surface area (Å²) in [5, 5.41) is 29.3. The number of aliphatic carboxylic acids is 1. The van der Waals surface area contributed by atoms with Gasteiger partial charge in [-0.2, -0.15) is 5.26 Å². The Bertz CT molecular complexity index is 2050. The van der Waals surface area contributed by atoms with E-state index in [0.29, 0.717) is 42.8 Å². The van der Waals surface area contributed by atoms with E-state index in [9.17, 15) is 24.3 Å². The number of oxime groups is 1. The maximum atomic E-state index is 13.4. The van der Waals surface area contributed by atoms with Gasteiger partial charge in [-0.25, -0.2) is 9.55 Å². The van der Waals surface area contributed by atoms with Gasteiger partial charge in [0.25, 0.3) is 11.8 Å². The summed E-state index contributed by atoms with van der Waals surface area (Å²) >= 11 is 2.42. The monoisotopic (exact) mass is 738 g/mol. The molecule has 0 bridgehead atoms. The van der Waals surface area contributed by atoms with E-state index in [1.807, 2.05) is 41.2 Å². The van der Waals surface area contributed by atoms with E-state index in [1.165, 1.54) is 11.8 Å². The molecule has 4 aliphatic rings. The van der Waals surface area contributed by atoms with Crippen molar-refractivity contribution in [2.24, 2.45) is 5.16 Å². The first-order valence-electron chi connectivity index (χ1n) is 16.8. The molecule has 16 heteroatoms. The van der Waals surface area contributed by atoms with Crippen LogP contribution in [-0.2, 0) is 37.1 Å². The van der Waals surface area contributed by atoms with Gasteiger partial charge in [-0.1, -0.05) is 17.3 Å². The number of aromatic nitrogens is 2. The van der Waals surface area contributed by atoms with Crippen molar-refractivity contribution in [3.05, 3.63) is 99.5 Å². The van der Waals surface area contributed by atoms with E-state index >= 15 is 0 Å². The average Bonchev–Trinajstić information content (AvgIpc) is 3.91. The highest BCUT2D eigenvalue weighted by atomic mass is 32.2. The van der Waals surface area contributed by atoms with Gasteiger partial charge in [-0.15, -0.1) is 23.1 Å². The minimum absolute atomic E-state index is 0.116. The van der Waals surface area contributed by atoms with E-state index in [2.05, 4.69) is 21.5 Å². The van der Waals surface area contributed by atoms with Crippen LogP contribution in [0.3, 0.4) is 0 Å². The van der Waals surface area contributed by atoms with E-state index in [4.69, 9.17) is 15.8 Å². The number of nitrogens with zero attached hydrogens (tertiary/aromatic N) is 6. The lowest BCUT2D eigenvalue weighted by Gasteiger charge is -2.50. The van der Waals surface area contributed by atoms with Gasteiger partial charge in [-0.3, -0.25) is 19.3 Å². The number of carboxylic acid groups (broad SMARTS) is 1. The molecule has 2 atom stereocenters. The number of likely N-dealkylation sites (tertiary alicyclic amines) is 1. The molecule has 1 aromatic carbocycles. The zero-order valence-corrected chi connectivity index (χ0v) is 29.5. The van der Waals surface area contributed by atoms with Crippen molar-refractivity contribution in [2.45, 2.75) is 62.7 Å². The van der Waals surface area contributed by atoms with E-state index in [-0.39, 0.29) is 40.0 Å². The fourth-order valence-electron chi connectivity index (χ4n) is 6.65. The van der Waals surface area contributed by atoms with Crippen LogP contribution < -0.4 is 20.7 Å². The molecule has 0 unspecified atom stereocenters. The average molecular weight is 739 g/mol. The van der Waals surface area contributed by atoms with Gasteiger partial charge in [-0.05, 0) is 61.4 Å². The van der Waals surface area contributed by atoms with E-state index in [0.717, 1.165) is 53.0 Å². The zero-order valence-electron chi connectivity index (χ0n) is 27.9. The number of hydrogen-bond acceptors (Lipinski definition) is 12. The molecular formula is C36H34N8O6S2. The van der Waals surface area contributed by atoms with Crippen molar-refractivity contribution in [1.29, 1.82) is 5.26 Å². The number of pyridine rings is 1. The molecule has 2 aromatic heterocycles. The van der Waals surface area contributed by atoms with Gasteiger partial charge in [0.1, 0.15) is 23.2 Å². The normalized spacial score (nSPS) is 21.3. The van der Waals surface area contributed by atoms with Crippen molar-refractivity contribution in [2.75, 3.05) is 18.0 Å². The van der Waals surface area contributed by atoms with Crippen LogP contribution >= 0.6 is 23.1 Å². The number of thiazole rings is 1. The van der Waals surface area contributed by atoms with Crippen LogP contribution in [0.2, 0.25) is 0 Å². The highest BCUT2D eigenvalue weighted by molar-refractivity contribution is 8.00. The predicted molar refractivity (Wildman–Crippen MR) is 188 cm³/mol. The van der Waals surface area contributed by atoms with Crippen LogP contribution in [0.1, 0.15) is 54.5 Å². The van der Waals surface area contributed by atoms with Gasteiger partial charge >= 0.3 is 0 Å². The summed E-state index contributed by atoms with van der Waals surface area (Å²) in [6, 6.07) is 12.4. The molecule has 5 heterocycles. The summed E-state index contributed by atoms with van der Waals surface area (Å²) in [5.41, 5.74) is 8.94. The Morgan fingerprint density at radius 1 is 1.15 bits per heavy atom. The van der Waals surface area contributed by atoms with Crippen LogP contribution in [-0.4, -0.2) is 74.0 Å². The topological polar surface area (TPSA) is 198 Å². The van der Waals surface area contributed by atoms with Crippen molar-refractivity contribution in [3.63, 3.8) is 0 Å². The molecule has 14 nitrogen and oxygen atoms in total. The van der Waals surface area contributed by atoms with Crippen LogP contribution in [0.5, 0.6) is 0 Å². The van der Waals surface area contributed by atoms with Crippen molar-refractivity contribution >= 4 is 57.6 Å². The maximum Gasteiger partial charge on any atom is 0.276 e. The Labute approximate surface area is 307 Å². The molecular weight excluding hydrogens is 705 g/mol. The number of nitrogen functional groups attached to an aromatic ring is 1. The highest BCUT2D eigenvalue weighted by Gasteiger charge is 2.53. The molecule has 3 aromatic rings. The lowest BCUT2D eigenvalue weighted by Crippen LogP contribution is -2.71. The number of thioether (sulfide) groups is 1. The zero-order chi connectivity index (χ0) is 36.4. The summed E-state index contributed by atoms with van der Waals surface area (Å²) in [4.78, 5) is 65.3. The number of nitrogens with two attached hydrogens (primary N) is 1. The third kappa shape index (κ3) is 7.28. The molecule has 3 aliphatic heterocycles. The minimum atomic E-state index is -1.54. The fourth-order valence-corrected chi connectivity index (χ4v) is 8.50. The quantitative estimate of drug-likeness (QED) is 0.0953. The van der Waals surface area contributed by atoms with E-state index < -0.39 is 29.2 Å². The first kappa shape index (κ1) is 34.9. The molecule has 0 radical (unpaired) electrons. The van der Waals surface area contributed by atoms with Crippen LogP contribution in [0.25, 0.3) is 0 Å². The van der Waals surface area contributed by atoms with Gasteiger partial charge in [0.15, 0.2) is 29.8 Å². The van der Waals surface area contributed by atoms with Crippen LogP contribution in [0.4, 0.5) is 5.13 Å². The molecule has 3 amide bonds. The van der Waals surface area contributed by atoms with Crippen LogP contribution in [0.15, 0.2) is 82.2 Å². The molecule has 266 valence electrons. The van der Waals surface area contributed by atoms with Crippen LogP contribution in [0, 0.1) is 11.3 Å². The number of carbonyl (C=O) groups is 4. The van der Waals surface area contributed by atoms with Gasteiger partial charge in [0, 0.05) is 47.5 Å². The van der Waals surface area contributed by atoms with Gasteiger partial charge in [0.2, 0.25) is 5.91 Å². The molecule has 2 saturated heterocycles. The fraction of sp³-hybridized carbons (Fsp3) is 0.333. The molecule has 52 heavy (non-hydrogen) atoms. The Hall–Kier alpha value is -5.53. The number of benzene rings is 1. The summed E-state index contributed by atoms with van der Waals surface area (Å²) in [6.07, 6.45) is 9.39. The molecule has 1 saturated carbocycles. The number of anilines is 1. The number of amides is 3. The summed E-state index contributed by atoms with van der Waals surface area (Å²) in [6.45, 7) is 1.48. The summed E-state index contributed by atoms with van der Waals surface area (Å²) in [5.74, 6) is -2.87. The highest BCUT2D eigenvalue weighted by Crippen LogP contribution is 2.41. The summed E-state index contributed by atoms with van der Waals surface area (Å²) < 4.78 is 2.01. The molecule has 7 rings (SSSR count). The first-order valence-corrected chi connectivity index (χ1v) is 18.7. The standard InChI is InChI=1S/C36H34N8O6S2/c37-16-21-5-7-22(8-6-21)17-42-12-9-23(10-13-42)18-43-14-11-24(32(43)46)15-25-19-51-34-29(33(47)44(34)30(25)35(48)49)40-31(45)28(27-20-52-36(38)39-27)41-50-26-3-1-2-4-26/h5-10,12-13,15,20,26,29,34H,1-4,11,14,17-19H2,(H3-,38,39,40,45,48,49)/b24-15+,41-28-/t29-,34-/m1/s1. The Morgan fingerprint density at radius 3 is 2.58 bits per heavy atom. The third-order valence-corrected chi connectivity index (χ3v) is 11.4. The molecule has 1 aliphatic carbocycles. The van der Waals surface area contributed by atoms with Gasteiger partial charge in [0.05, 0.1) is 23.3 Å². The predicted octanol–water partition coefficient (Wildman–Crippen LogP) is 1.36. The first-order chi connectivity index (χ1) is 25.2. The number of nitrogens with one attached hydrogen (secondary N) is 1. The number of carboxylic acids is 1. The smallest absolute Gasteiger partial charge is 0.276 e. The molecule has 3 N–H and O–H groups in total. The lowest BCUT2D eigenvalue weighted by molar-refractivity contribution is -0.688. The number of β-lactam (4-membered cyclic amide) rings is 1. The number of allylic oxidation sites excluding steroid dienone is 1. The van der Waals surface area contributed by atoms with E-state index in [1.54, 1.807) is 28.5 Å². The molecule has 3 fully saturated rings. The van der Waals surface area contributed by atoms with Crippen molar-refractivity contribution in [3.8, 4) is 6.07 Å². The second kappa shape index (κ2) is 15.0. The Morgan fingerprint density at radius 2 is 1.90 bits per heavy atom. The maximum absolute atomic E-state index is 13.4. The minimum Gasteiger partial charge on any atom is -0.543 e. The number of carbonyl (C=O) groups excluding carboxylic acids is 4. The second-order valence-electron chi connectivity index (χ2n) is 12.9. The second-order valence-corrected chi connectivity index (χ2v) is 14.9. The Balaban J connectivity index is 1.00. The Kier molecular flexibility index (Phi) is 10.1. The number of fused-ring (bicyclic) bond motifs is 1. The van der Waals surface area contributed by atoms with Crippen molar-refractivity contribution < 1.29 is 33.7 Å². The largest absolute Gasteiger partial charge is 0.543 e. The number of rotatable bonds is 11. The third-order valence-electron chi connectivity index (χ3n) is 9.40. The summed E-state index contributed by atoms with van der Waals surface area (Å²) in [7, 11) is 0. The van der Waals surface area contributed by atoms with Gasteiger partial charge < -0.3 is 30.7 Å². The number of hydrogen-bond donors (Lipinski definition) is 2. The lowest BCUT2D eigenvalue weighted by atomic mass is 10.0. The molecule has 0 spiro atoms. The van der Waals surface area contributed by atoms with Crippen molar-refractivity contribution in [1.82, 2.24) is 20.1 Å².